The van der Waals surface area contributed by atoms with E-state index < -0.39 is 0 Å². The molecule has 2 amide bonds. The van der Waals surface area contributed by atoms with Crippen LogP contribution in [-0.2, 0) is 0 Å². The zero-order chi connectivity index (χ0) is 11.3. The van der Waals surface area contributed by atoms with Crippen LogP contribution in [0.15, 0.2) is 24.3 Å². The van der Waals surface area contributed by atoms with Crippen LogP contribution in [0.2, 0.25) is 0 Å². The van der Waals surface area contributed by atoms with E-state index in [1.807, 2.05) is 25.1 Å². The average Bonchev–Trinajstić information content (AvgIpc) is 2.25. The van der Waals surface area contributed by atoms with Gasteiger partial charge in [0.1, 0.15) is 0 Å². The van der Waals surface area contributed by atoms with Crippen LogP contribution >= 0.6 is 0 Å². The first-order valence-corrected chi connectivity index (χ1v) is 5.03. The van der Waals surface area contributed by atoms with Crippen molar-refractivity contribution in [2.75, 3.05) is 24.2 Å². The number of nitrogen functional groups attached to an aromatic ring is 1. The van der Waals surface area contributed by atoms with Crippen molar-refractivity contribution in [3.63, 3.8) is 0 Å². The number of nitrogens with two attached hydrogens (primary N) is 1. The topological polar surface area (TPSA) is 58.4 Å². The zero-order valence-electron chi connectivity index (χ0n) is 9.16. The third-order valence-electron chi connectivity index (χ3n) is 2.13. The fraction of sp³-hybridized carbons (Fsp3) is 0.364. The van der Waals surface area contributed by atoms with Crippen LogP contribution in [0, 0.1) is 0 Å². The molecule has 82 valence electrons. The Morgan fingerprint density at radius 1 is 1.47 bits per heavy atom. The minimum absolute atomic E-state index is 0.130. The fourth-order valence-corrected chi connectivity index (χ4v) is 1.25. The molecule has 0 heterocycles. The van der Waals surface area contributed by atoms with E-state index in [2.05, 4.69) is 5.32 Å². The highest BCUT2D eigenvalue weighted by Gasteiger charge is 2.11. The standard InChI is InChI=1S/C11H17N3O/c1-3-8-13-11(15)14(2)10-7-5-4-6-9(10)12/h4-7H,3,8,12H2,1-2H3,(H,13,15). The maximum absolute atomic E-state index is 11.6. The second-order valence-electron chi connectivity index (χ2n) is 3.35. The predicted octanol–water partition coefficient (Wildman–Crippen LogP) is 1.82. The summed E-state index contributed by atoms with van der Waals surface area (Å²) in [5, 5.41) is 2.79. The third kappa shape index (κ3) is 2.87. The predicted molar refractivity (Wildman–Crippen MR) is 62.9 cm³/mol. The maximum atomic E-state index is 11.6. The van der Waals surface area contributed by atoms with Crippen LogP contribution in [-0.4, -0.2) is 19.6 Å². The molecular weight excluding hydrogens is 190 g/mol. The van der Waals surface area contributed by atoms with Gasteiger partial charge in [-0.3, -0.25) is 4.90 Å². The molecule has 15 heavy (non-hydrogen) atoms. The molecule has 0 unspecified atom stereocenters. The first kappa shape index (κ1) is 11.4. The molecule has 1 rings (SSSR count). The summed E-state index contributed by atoms with van der Waals surface area (Å²) in [5.41, 5.74) is 7.10. The Morgan fingerprint density at radius 2 is 2.13 bits per heavy atom. The van der Waals surface area contributed by atoms with Gasteiger partial charge in [0.2, 0.25) is 0 Å². The molecule has 0 aromatic heterocycles. The van der Waals surface area contributed by atoms with Gasteiger partial charge in [-0.15, -0.1) is 0 Å². The minimum atomic E-state index is -0.130. The lowest BCUT2D eigenvalue weighted by Gasteiger charge is -2.19. The van der Waals surface area contributed by atoms with Crippen LogP contribution in [0.5, 0.6) is 0 Å². The first-order chi connectivity index (χ1) is 7.16. The Labute approximate surface area is 90.1 Å². The van der Waals surface area contributed by atoms with Gasteiger partial charge in [-0.2, -0.15) is 0 Å². The molecule has 0 spiro atoms. The summed E-state index contributed by atoms with van der Waals surface area (Å²) in [6.45, 7) is 2.69. The Balaban J connectivity index is 2.72. The summed E-state index contributed by atoms with van der Waals surface area (Å²) in [6, 6.07) is 7.17. The van der Waals surface area contributed by atoms with E-state index >= 15 is 0 Å². The zero-order valence-corrected chi connectivity index (χ0v) is 9.16. The van der Waals surface area contributed by atoms with Crippen LogP contribution in [0.3, 0.4) is 0 Å². The average molecular weight is 207 g/mol. The van der Waals surface area contributed by atoms with Gasteiger partial charge in [-0.1, -0.05) is 19.1 Å². The lowest BCUT2D eigenvalue weighted by molar-refractivity contribution is 0.247. The van der Waals surface area contributed by atoms with E-state index in [0.717, 1.165) is 12.1 Å². The van der Waals surface area contributed by atoms with Crippen molar-refractivity contribution < 1.29 is 4.79 Å². The Bertz CT molecular complexity index is 338. The quantitative estimate of drug-likeness (QED) is 0.743. The van der Waals surface area contributed by atoms with E-state index in [0.29, 0.717) is 12.2 Å². The lowest BCUT2D eigenvalue weighted by Crippen LogP contribution is -2.37. The van der Waals surface area contributed by atoms with Gasteiger partial charge in [0, 0.05) is 13.6 Å². The monoisotopic (exact) mass is 207 g/mol. The van der Waals surface area contributed by atoms with Crippen LogP contribution in [0.25, 0.3) is 0 Å². The molecule has 3 N–H and O–H groups in total. The highest BCUT2D eigenvalue weighted by molar-refractivity contribution is 5.94. The second kappa shape index (κ2) is 5.24. The number of rotatable bonds is 3. The summed E-state index contributed by atoms with van der Waals surface area (Å²) in [7, 11) is 1.71. The lowest BCUT2D eigenvalue weighted by atomic mass is 10.2. The van der Waals surface area contributed by atoms with Crippen molar-refractivity contribution in [2.45, 2.75) is 13.3 Å². The van der Waals surface area contributed by atoms with Gasteiger partial charge in [-0.05, 0) is 18.6 Å². The van der Waals surface area contributed by atoms with Crippen molar-refractivity contribution in [1.29, 1.82) is 0 Å². The molecule has 0 aliphatic rings. The van der Waals surface area contributed by atoms with E-state index in [4.69, 9.17) is 5.73 Å². The molecule has 0 aliphatic heterocycles. The fourth-order valence-electron chi connectivity index (χ4n) is 1.25. The molecule has 0 saturated heterocycles. The van der Waals surface area contributed by atoms with Crippen molar-refractivity contribution in [2.24, 2.45) is 0 Å². The molecule has 1 aromatic carbocycles. The molecule has 0 radical (unpaired) electrons. The van der Waals surface area contributed by atoms with Gasteiger partial charge in [0.15, 0.2) is 0 Å². The molecule has 0 atom stereocenters. The van der Waals surface area contributed by atoms with E-state index in [1.165, 1.54) is 4.90 Å². The molecular formula is C11H17N3O. The molecule has 1 aromatic rings. The normalized spacial score (nSPS) is 9.73. The molecule has 0 fully saturated rings. The Hall–Kier alpha value is -1.71. The first-order valence-electron chi connectivity index (χ1n) is 5.03. The number of benzene rings is 1. The van der Waals surface area contributed by atoms with Crippen molar-refractivity contribution >= 4 is 17.4 Å². The molecule has 4 nitrogen and oxygen atoms in total. The van der Waals surface area contributed by atoms with E-state index in [1.54, 1.807) is 13.1 Å². The number of nitrogens with one attached hydrogen (secondary N) is 1. The number of hydrogen-bond acceptors (Lipinski definition) is 2. The Morgan fingerprint density at radius 3 is 2.73 bits per heavy atom. The van der Waals surface area contributed by atoms with Crippen molar-refractivity contribution in [3.8, 4) is 0 Å². The van der Waals surface area contributed by atoms with Gasteiger partial charge >= 0.3 is 6.03 Å². The number of para-hydroxylation sites is 2. The number of nitrogens with zero attached hydrogens (tertiary/aromatic N) is 1. The number of anilines is 2. The van der Waals surface area contributed by atoms with E-state index in [-0.39, 0.29) is 6.03 Å². The number of urea groups is 1. The van der Waals surface area contributed by atoms with Crippen LogP contribution < -0.4 is 16.0 Å². The van der Waals surface area contributed by atoms with Crippen LogP contribution in [0.4, 0.5) is 16.2 Å². The largest absolute Gasteiger partial charge is 0.397 e. The van der Waals surface area contributed by atoms with Crippen molar-refractivity contribution in [3.05, 3.63) is 24.3 Å². The van der Waals surface area contributed by atoms with Gasteiger partial charge in [0.25, 0.3) is 0 Å². The number of amides is 2. The summed E-state index contributed by atoms with van der Waals surface area (Å²) in [4.78, 5) is 13.1. The maximum Gasteiger partial charge on any atom is 0.321 e. The third-order valence-corrected chi connectivity index (χ3v) is 2.13. The molecule has 0 saturated carbocycles. The summed E-state index contributed by atoms with van der Waals surface area (Å²) in [5.74, 6) is 0. The van der Waals surface area contributed by atoms with Crippen LogP contribution in [0.1, 0.15) is 13.3 Å². The molecule has 0 bridgehead atoms. The minimum Gasteiger partial charge on any atom is -0.397 e. The summed E-state index contributed by atoms with van der Waals surface area (Å²) >= 11 is 0. The summed E-state index contributed by atoms with van der Waals surface area (Å²) in [6.07, 6.45) is 0.920. The van der Waals surface area contributed by atoms with Gasteiger partial charge < -0.3 is 11.1 Å². The van der Waals surface area contributed by atoms with Gasteiger partial charge in [-0.25, -0.2) is 4.79 Å². The number of carbonyl (C=O) groups is 1. The second-order valence-corrected chi connectivity index (χ2v) is 3.35. The SMILES string of the molecule is CCCNC(=O)N(C)c1ccccc1N. The van der Waals surface area contributed by atoms with Crippen molar-refractivity contribution in [1.82, 2.24) is 5.32 Å². The highest BCUT2D eigenvalue weighted by atomic mass is 16.2. The molecule has 0 aliphatic carbocycles. The van der Waals surface area contributed by atoms with E-state index in [9.17, 15) is 4.79 Å². The summed E-state index contributed by atoms with van der Waals surface area (Å²) < 4.78 is 0. The molecule has 4 heteroatoms. The van der Waals surface area contributed by atoms with Gasteiger partial charge in [0.05, 0.1) is 11.4 Å². The number of hydrogen-bond donors (Lipinski definition) is 2. The number of carbonyl (C=O) groups excluding carboxylic acids is 1. The highest BCUT2D eigenvalue weighted by Crippen LogP contribution is 2.20. The smallest absolute Gasteiger partial charge is 0.321 e. The Kier molecular flexibility index (Phi) is 3.97.